The van der Waals surface area contributed by atoms with Gasteiger partial charge in [0.05, 0.1) is 0 Å². The van der Waals surface area contributed by atoms with Gasteiger partial charge in [0.15, 0.2) is 0 Å². The molecule has 7 heteroatoms. The lowest BCUT2D eigenvalue weighted by Gasteiger charge is -2.19. The molecule has 16 heavy (non-hydrogen) atoms. The average molecular weight is 234 g/mol. The smallest absolute Gasteiger partial charge is 0.370 e. The van der Waals surface area contributed by atoms with E-state index < -0.39 is 12.7 Å². The summed E-state index contributed by atoms with van der Waals surface area (Å²) in [7, 11) is 1.34. The quantitative estimate of drug-likeness (QED) is 0.864. The second-order valence-electron chi connectivity index (χ2n) is 3.26. The molecule has 1 aromatic heterocycles. The van der Waals surface area contributed by atoms with Gasteiger partial charge in [0.25, 0.3) is 0 Å². The van der Waals surface area contributed by atoms with Crippen molar-refractivity contribution in [2.45, 2.75) is 13.1 Å². The minimum atomic E-state index is -4.24. The summed E-state index contributed by atoms with van der Waals surface area (Å²) in [6.45, 7) is 1.50. The van der Waals surface area contributed by atoms with Crippen LogP contribution in [0.3, 0.4) is 0 Å². The Morgan fingerprint density at radius 1 is 1.38 bits per heavy atom. The summed E-state index contributed by atoms with van der Waals surface area (Å²) in [5, 5.41) is 2.91. The van der Waals surface area contributed by atoms with Crippen molar-refractivity contribution in [2.24, 2.45) is 0 Å². The van der Waals surface area contributed by atoms with Crippen LogP contribution in [0.5, 0.6) is 0 Å². The Morgan fingerprint density at radius 2 is 2.06 bits per heavy atom. The Balaban J connectivity index is 2.75. The van der Waals surface area contributed by atoms with E-state index in [1.54, 1.807) is 0 Å². The molecule has 1 N–H and O–H groups in total. The van der Waals surface area contributed by atoms with E-state index in [0.717, 1.165) is 4.90 Å². The number of anilines is 2. The van der Waals surface area contributed by atoms with Gasteiger partial charge < -0.3 is 10.2 Å². The molecule has 0 radical (unpaired) electrons. The van der Waals surface area contributed by atoms with E-state index in [9.17, 15) is 13.2 Å². The second kappa shape index (κ2) is 5.00. The third-order valence-corrected chi connectivity index (χ3v) is 1.82. The molecule has 1 aromatic rings. The molecule has 1 rings (SSSR count). The van der Waals surface area contributed by atoms with Crippen molar-refractivity contribution in [1.82, 2.24) is 9.97 Å². The normalized spacial score (nSPS) is 11.3. The van der Waals surface area contributed by atoms with Gasteiger partial charge in [-0.15, -0.1) is 0 Å². The van der Waals surface area contributed by atoms with E-state index in [2.05, 4.69) is 15.3 Å². The fourth-order valence-corrected chi connectivity index (χ4v) is 1.18. The summed E-state index contributed by atoms with van der Waals surface area (Å²) in [5.74, 6) is 0.754. The van der Waals surface area contributed by atoms with E-state index in [0.29, 0.717) is 12.4 Å². The van der Waals surface area contributed by atoms with E-state index in [4.69, 9.17) is 0 Å². The fraction of sp³-hybridized carbons (Fsp3) is 0.556. The van der Waals surface area contributed by atoms with Crippen LogP contribution in [0.4, 0.5) is 24.8 Å². The minimum Gasteiger partial charge on any atom is -0.370 e. The molecule has 0 bridgehead atoms. The number of aromatic nitrogens is 2. The minimum absolute atomic E-state index is 0.239. The van der Waals surface area contributed by atoms with Gasteiger partial charge in [0.1, 0.15) is 24.5 Å². The van der Waals surface area contributed by atoms with Gasteiger partial charge in [-0.3, -0.25) is 0 Å². The van der Waals surface area contributed by atoms with Crippen LogP contribution in [-0.2, 0) is 0 Å². The predicted molar refractivity (Wildman–Crippen MR) is 55.5 cm³/mol. The van der Waals surface area contributed by atoms with Gasteiger partial charge in [0, 0.05) is 19.7 Å². The lowest BCUT2D eigenvalue weighted by Crippen LogP contribution is -2.31. The zero-order chi connectivity index (χ0) is 12.2. The third kappa shape index (κ3) is 3.92. The highest BCUT2D eigenvalue weighted by Gasteiger charge is 2.29. The van der Waals surface area contributed by atoms with Crippen LogP contribution in [0.15, 0.2) is 12.4 Å². The van der Waals surface area contributed by atoms with Crippen LogP contribution in [0.2, 0.25) is 0 Å². The predicted octanol–water partition coefficient (Wildman–Crippen LogP) is 1.91. The maximum absolute atomic E-state index is 12.1. The second-order valence-corrected chi connectivity index (χ2v) is 3.26. The lowest BCUT2D eigenvalue weighted by molar-refractivity contribution is -0.119. The molecule has 0 unspecified atom stereocenters. The van der Waals surface area contributed by atoms with Crippen LogP contribution in [-0.4, -0.2) is 36.3 Å². The first-order valence-electron chi connectivity index (χ1n) is 4.76. The standard InChI is InChI=1S/C9H13F3N4/c1-3-13-7-4-8(15-6-14-7)16(2)5-9(10,11)12/h4,6H,3,5H2,1-2H3,(H,13,14,15). The van der Waals surface area contributed by atoms with Gasteiger partial charge in [-0.25, -0.2) is 9.97 Å². The Hall–Kier alpha value is -1.53. The first kappa shape index (κ1) is 12.5. The maximum Gasteiger partial charge on any atom is 0.405 e. The number of alkyl halides is 3. The highest BCUT2D eigenvalue weighted by Crippen LogP contribution is 2.20. The highest BCUT2D eigenvalue weighted by molar-refractivity contribution is 5.47. The number of hydrogen-bond donors (Lipinski definition) is 1. The number of nitrogens with one attached hydrogen (secondary N) is 1. The first-order chi connectivity index (χ1) is 7.42. The topological polar surface area (TPSA) is 41.0 Å². The summed E-state index contributed by atoms with van der Waals surface area (Å²) in [6.07, 6.45) is -3.00. The fourth-order valence-electron chi connectivity index (χ4n) is 1.18. The molecule has 0 saturated heterocycles. The molecule has 1 heterocycles. The summed E-state index contributed by atoms with van der Waals surface area (Å²) in [4.78, 5) is 8.69. The molecular weight excluding hydrogens is 221 g/mol. The highest BCUT2D eigenvalue weighted by atomic mass is 19.4. The van der Waals surface area contributed by atoms with Crippen molar-refractivity contribution < 1.29 is 13.2 Å². The molecule has 0 aromatic carbocycles. The van der Waals surface area contributed by atoms with Gasteiger partial charge in [-0.05, 0) is 6.92 Å². The van der Waals surface area contributed by atoms with Crippen molar-refractivity contribution >= 4 is 11.6 Å². The molecule has 0 atom stereocenters. The molecule has 0 spiro atoms. The van der Waals surface area contributed by atoms with Crippen LogP contribution in [0, 0.1) is 0 Å². The Bertz CT molecular complexity index is 340. The molecule has 4 nitrogen and oxygen atoms in total. The third-order valence-electron chi connectivity index (χ3n) is 1.82. The number of nitrogens with zero attached hydrogens (tertiary/aromatic N) is 3. The van der Waals surface area contributed by atoms with E-state index in [1.165, 1.54) is 19.4 Å². The molecule has 0 aliphatic heterocycles. The summed E-state index contributed by atoms with van der Waals surface area (Å²) in [6, 6.07) is 1.48. The monoisotopic (exact) mass is 234 g/mol. The first-order valence-corrected chi connectivity index (χ1v) is 4.76. The number of hydrogen-bond acceptors (Lipinski definition) is 4. The Kier molecular flexibility index (Phi) is 3.92. The van der Waals surface area contributed by atoms with Crippen LogP contribution < -0.4 is 10.2 Å². The molecule has 0 aliphatic carbocycles. The number of rotatable bonds is 4. The van der Waals surface area contributed by atoms with Crippen LogP contribution in [0.25, 0.3) is 0 Å². The zero-order valence-electron chi connectivity index (χ0n) is 9.04. The van der Waals surface area contributed by atoms with Crippen LogP contribution >= 0.6 is 0 Å². The lowest BCUT2D eigenvalue weighted by atomic mass is 10.4. The largest absolute Gasteiger partial charge is 0.405 e. The molecular formula is C9H13F3N4. The van der Waals surface area contributed by atoms with Gasteiger partial charge in [0.2, 0.25) is 0 Å². The number of halogens is 3. The van der Waals surface area contributed by atoms with Crippen molar-refractivity contribution in [2.75, 3.05) is 30.4 Å². The Labute approximate surface area is 91.5 Å². The van der Waals surface area contributed by atoms with Crippen molar-refractivity contribution in [3.05, 3.63) is 12.4 Å². The van der Waals surface area contributed by atoms with E-state index in [-0.39, 0.29) is 5.82 Å². The SMILES string of the molecule is CCNc1cc(N(C)CC(F)(F)F)ncn1. The molecule has 0 amide bonds. The summed E-state index contributed by atoms with van der Waals surface area (Å²) in [5.41, 5.74) is 0. The molecule has 0 saturated carbocycles. The summed E-state index contributed by atoms with van der Waals surface area (Å²) >= 11 is 0. The van der Waals surface area contributed by atoms with Crippen LogP contribution in [0.1, 0.15) is 6.92 Å². The molecule has 0 aliphatic rings. The van der Waals surface area contributed by atoms with Gasteiger partial charge in [-0.2, -0.15) is 13.2 Å². The molecule has 90 valence electrons. The van der Waals surface area contributed by atoms with Crippen molar-refractivity contribution in [3.63, 3.8) is 0 Å². The zero-order valence-corrected chi connectivity index (χ0v) is 9.04. The van der Waals surface area contributed by atoms with Gasteiger partial charge >= 0.3 is 6.18 Å². The Morgan fingerprint density at radius 3 is 2.62 bits per heavy atom. The van der Waals surface area contributed by atoms with E-state index in [1.807, 2.05) is 6.92 Å². The van der Waals surface area contributed by atoms with E-state index >= 15 is 0 Å². The van der Waals surface area contributed by atoms with Crippen molar-refractivity contribution in [3.8, 4) is 0 Å². The molecule has 0 fully saturated rings. The maximum atomic E-state index is 12.1. The van der Waals surface area contributed by atoms with Crippen molar-refractivity contribution in [1.29, 1.82) is 0 Å². The van der Waals surface area contributed by atoms with Gasteiger partial charge in [-0.1, -0.05) is 0 Å². The average Bonchev–Trinajstić information content (AvgIpc) is 2.16. The summed E-state index contributed by atoms with van der Waals surface area (Å²) < 4.78 is 36.4.